The lowest BCUT2D eigenvalue weighted by Crippen LogP contribution is -2.34. The molecule has 0 saturated heterocycles. The lowest BCUT2D eigenvalue weighted by atomic mass is 10.2. The molecule has 3 rings (SSSR count). The standard InChI is InChI=1S/C17H19N3O3S/c1-12-4-2-5-13(10-12)23-8-3-6-18-15(21)14-11-19-17-20(16(14)22)7-9-24-17/h2,4-5,10-11H,3,6-9H2,1H3,(H,18,21). The van der Waals surface area contributed by atoms with Gasteiger partial charge < -0.3 is 10.1 Å². The maximum atomic E-state index is 12.2. The van der Waals surface area contributed by atoms with Crippen molar-refractivity contribution in [2.45, 2.75) is 25.0 Å². The van der Waals surface area contributed by atoms with Crippen molar-refractivity contribution in [3.05, 3.63) is 51.9 Å². The molecule has 7 heteroatoms. The third-order valence-electron chi connectivity index (χ3n) is 3.67. The third kappa shape index (κ3) is 3.79. The Kier molecular flexibility index (Phi) is 5.20. The van der Waals surface area contributed by atoms with Gasteiger partial charge in [-0.1, -0.05) is 23.9 Å². The zero-order chi connectivity index (χ0) is 16.9. The lowest BCUT2D eigenvalue weighted by Gasteiger charge is -2.08. The number of nitrogens with zero attached hydrogens (tertiary/aromatic N) is 2. The van der Waals surface area contributed by atoms with Crippen molar-refractivity contribution in [3.63, 3.8) is 0 Å². The van der Waals surface area contributed by atoms with Crippen LogP contribution in [0.25, 0.3) is 0 Å². The molecule has 1 aliphatic rings. The Bertz CT molecular complexity index is 804. The van der Waals surface area contributed by atoms with Gasteiger partial charge in [-0.05, 0) is 31.0 Å². The lowest BCUT2D eigenvalue weighted by molar-refractivity contribution is 0.0948. The fourth-order valence-electron chi connectivity index (χ4n) is 2.44. The number of fused-ring (bicyclic) bond motifs is 1. The highest BCUT2D eigenvalue weighted by molar-refractivity contribution is 7.99. The molecule has 0 bridgehead atoms. The molecule has 0 fully saturated rings. The summed E-state index contributed by atoms with van der Waals surface area (Å²) in [7, 11) is 0. The molecule has 2 aromatic rings. The second-order valence-corrected chi connectivity index (χ2v) is 6.60. The number of rotatable bonds is 6. The number of nitrogens with one attached hydrogen (secondary N) is 1. The maximum Gasteiger partial charge on any atom is 0.267 e. The minimum atomic E-state index is -0.379. The highest BCUT2D eigenvalue weighted by Gasteiger charge is 2.19. The van der Waals surface area contributed by atoms with Crippen molar-refractivity contribution < 1.29 is 9.53 Å². The third-order valence-corrected chi connectivity index (χ3v) is 4.64. The minimum Gasteiger partial charge on any atom is -0.494 e. The van der Waals surface area contributed by atoms with E-state index in [9.17, 15) is 9.59 Å². The SMILES string of the molecule is Cc1cccc(OCCCNC(=O)c2cnc3n(c2=O)CCS3)c1. The van der Waals surface area contributed by atoms with Crippen LogP contribution in [-0.2, 0) is 6.54 Å². The van der Waals surface area contributed by atoms with E-state index in [4.69, 9.17) is 4.74 Å². The Morgan fingerprint density at radius 3 is 3.17 bits per heavy atom. The van der Waals surface area contributed by atoms with E-state index in [1.165, 1.54) is 18.0 Å². The van der Waals surface area contributed by atoms with Gasteiger partial charge in [0.25, 0.3) is 11.5 Å². The van der Waals surface area contributed by atoms with Gasteiger partial charge >= 0.3 is 0 Å². The molecule has 1 amide bonds. The summed E-state index contributed by atoms with van der Waals surface area (Å²) < 4.78 is 7.18. The number of benzene rings is 1. The summed E-state index contributed by atoms with van der Waals surface area (Å²) in [6, 6.07) is 7.82. The predicted octanol–water partition coefficient (Wildman–Crippen LogP) is 1.86. The number of hydrogen-bond donors (Lipinski definition) is 1. The number of aryl methyl sites for hydroxylation is 1. The van der Waals surface area contributed by atoms with Crippen LogP contribution in [0.5, 0.6) is 5.75 Å². The van der Waals surface area contributed by atoms with Crippen molar-refractivity contribution in [1.29, 1.82) is 0 Å². The molecule has 6 nitrogen and oxygen atoms in total. The fourth-order valence-corrected chi connectivity index (χ4v) is 3.35. The van der Waals surface area contributed by atoms with E-state index in [-0.39, 0.29) is 17.0 Å². The number of amides is 1. The molecule has 2 heterocycles. The number of ether oxygens (including phenoxy) is 1. The second kappa shape index (κ2) is 7.53. The first-order valence-corrected chi connectivity index (χ1v) is 8.84. The zero-order valence-electron chi connectivity index (χ0n) is 13.4. The van der Waals surface area contributed by atoms with Gasteiger partial charge in [0.1, 0.15) is 11.3 Å². The smallest absolute Gasteiger partial charge is 0.267 e. The first kappa shape index (κ1) is 16.6. The number of thioether (sulfide) groups is 1. The largest absolute Gasteiger partial charge is 0.494 e. The highest BCUT2D eigenvalue weighted by Crippen LogP contribution is 2.20. The molecule has 1 aromatic heterocycles. The van der Waals surface area contributed by atoms with E-state index in [0.29, 0.717) is 31.3 Å². The number of carbonyl (C=O) groups is 1. The number of carbonyl (C=O) groups excluding carboxylic acids is 1. The Morgan fingerprint density at radius 2 is 2.33 bits per heavy atom. The van der Waals surface area contributed by atoms with Gasteiger partial charge in [0.15, 0.2) is 5.16 Å². The molecule has 1 aliphatic heterocycles. The Balaban J connectivity index is 1.47. The normalized spacial score (nSPS) is 12.7. The number of aromatic nitrogens is 2. The van der Waals surface area contributed by atoms with E-state index in [2.05, 4.69) is 10.3 Å². The summed E-state index contributed by atoms with van der Waals surface area (Å²) in [5.74, 6) is 1.26. The summed E-state index contributed by atoms with van der Waals surface area (Å²) in [6.45, 7) is 3.56. The molecule has 0 unspecified atom stereocenters. The van der Waals surface area contributed by atoms with Gasteiger partial charge in [0, 0.05) is 25.0 Å². The summed E-state index contributed by atoms with van der Waals surface area (Å²) in [5.41, 5.74) is 0.975. The van der Waals surface area contributed by atoms with Crippen LogP contribution in [0, 0.1) is 6.92 Å². The van der Waals surface area contributed by atoms with Crippen LogP contribution in [0.1, 0.15) is 22.3 Å². The van der Waals surface area contributed by atoms with E-state index in [1.807, 2.05) is 31.2 Å². The Hall–Kier alpha value is -2.28. The van der Waals surface area contributed by atoms with Crippen LogP contribution in [-0.4, -0.2) is 34.4 Å². The van der Waals surface area contributed by atoms with Gasteiger partial charge in [-0.15, -0.1) is 0 Å². The average molecular weight is 345 g/mol. The van der Waals surface area contributed by atoms with Gasteiger partial charge in [0.2, 0.25) is 0 Å². The minimum absolute atomic E-state index is 0.0980. The molecule has 1 aromatic carbocycles. The van der Waals surface area contributed by atoms with Crippen LogP contribution in [0.15, 0.2) is 40.4 Å². The Labute approximate surface area is 144 Å². The first-order chi connectivity index (χ1) is 11.6. The highest BCUT2D eigenvalue weighted by atomic mass is 32.2. The van der Waals surface area contributed by atoms with Crippen molar-refractivity contribution in [3.8, 4) is 5.75 Å². The van der Waals surface area contributed by atoms with Crippen molar-refractivity contribution in [2.24, 2.45) is 0 Å². The van der Waals surface area contributed by atoms with Crippen LogP contribution in [0.4, 0.5) is 0 Å². The van der Waals surface area contributed by atoms with Crippen LogP contribution >= 0.6 is 11.8 Å². The average Bonchev–Trinajstić information content (AvgIpc) is 3.04. The Morgan fingerprint density at radius 1 is 1.46 bits per heavy atom. The quantitative estimate of drug-likeness (QED) is 0.639. The zero-order valence-corrected chi connectivity index (χ0v) is 14.3. The molecule has 0 aliphatic carbocycles. The molecule has 0 radical (unpaired) electrons. The summed E-state index contributed by atoms with van der Waals surface area (Å²) >= 11 is 1.53. The van der Waals surface area contributed by atoms with Gasteiger partial charge in [-0.2, -0.15) is 0 Å². The summed E-state index contributed by atoms with van der Waals surface area (Å²) in [5, 5.41) is 3.43. The molecule has 24 heavy (non-hydrogen) atoms. The molecular weight excluding hydrogens is 326 g/mol. The molecular formula is C17H19N3O3S. The van der Waals surface area contributed by atoms with E-state index in [0.717, 1.165) is 17.1 Å². The second-order valence-electron chi connectivity index (χ2n) is 5.53. The molecule has 1 N–H and O–H groups in total. The molecule has 0 saturated carbocycles. The fraction of sp³-hybridized carbons (Fsp3) is 0.353. The van der Waals surface area contributed by atoms with E-state index >= 15 is 0 Å². The van der Waals surface area contributed by atoms with Gasteiger partial charge in [-0.3, -0.25) is 14.2 Å². The van der Waals surface area contributed by atoms with Crippen LogP contribution in [0.2, 0.25) is 0 Å². The first-order valence-electron chi connectivity index (χ1n) is 7.85. The molecule has 126 valence electrons. The summed E-state index contributed by atoms with van der Waals surface area (Å²) in [6.07, 6.45) is 2.03. The van der Waals surface area contributed by atoms with E-state index < -0.39 is 0 Å². The number of hydrogen-bond acceptors (Lipinski definition) is 5. The summed E-state index contributed by atoms with van der Waals surface area (Å²) in [4.78, 5) is 28.5. The van der Waals surface area contributed by atoms with Gasteiger partial charge in [-0.25, -0.2) is 4.98 Å². The van der Waals surface area contributed by atoms with Crippen molar-refractivity contribution in [1.82, 2.24) is 14.9 Å². The molecule has 0 spiro atoms. The van der Waals surface area contributed by atoms with Crippen LogP contribution < -0.4 is 15.6 Å². The van der Waals surface area contributed by atoms with Crippen LogP contribution in [0.3, 0.4) is 0 Å². The monoisotopic (exact) mass is 345 g/mol. The van der Waals surface area contributed by atoms with Gasteiger partial charge in [0.05, 0.1) is 6.61 Å². The van der Waals surface area contributed by atoms with Crippen molar-refractivity contribution in [2.75, 3.05) is 18.9 Å². The topological polar surface area (TPSA) is 73.2 Å². The maximum absolute atomic E-state index is 12.2. The predicted molar refractivity (Wildman–Crippen MR) is 92.8 cm³/mol. The molecule has 0 atom stereocenters. The van der Waals surface area contributed by atoms with E-state index in [1.54, 1.807) is 4.57 Å². The van der Waals surface area contributed by atoms with Crippen molar-refractivity contribution >= 4 is 17.7 Å².